The lowest BCUT2D eigenvalue weighted by atomic mass is 9.98. The van der Waals surface area contributed by atoms with Gasteiger partial charge in [-0.15, -0.1) is 0 Å². The van der Waals surface area contributed by atoms with Gasteiger partial charge in [-0.05, 0) is 17.2 Å². The van der Waals surface area contributed by atoms with Crippen LogP contribution >= 0.6 is 0 Å². The fraction of sp³-hybridized carbons (Fsp3) is 0.200. The van der Waals surface area contributed by atoms with Crippen molar-refractivity contribution in [2.75, 3.05) is 0 Å². The Labute approximate surface area is 84.9 Å². The number of hydrogen-bond donors (Lipinski definition) is 2. The minimum atomic E-state index is -0.769. The molecule has 0 bridgehead atoms. The van der Waals surface area contributed by atoms with Crippen LogP contribution < -0.4 is 0 Å². The minimum absolute atomic E-state index is 0.0639. The number of fused-ring (bicyclic) bond motifs is 1. The third kappa shape index (κ3) is 1.33. The summed E-state index contributed by atoms with van der Waals surface area (Å²) in [5.74, 6) is -1.48. The molecule has 0 radical (unpaired) electrons. The van der Waals surface area contributed by atoms with Gasteiger partial charge in [0.05, 0.1) is 24.3 Å². The quantitative estimate of drug-likeness (QED) is 0.527. The summed E-state index contributed by atoms with van der Waals surface area (Å²) in [7, 11) is 0. The van der Waals surface area contributed by atoms with Crippen LogP contribution in [0.2, 0.25) is 0 Å². The highest BCUT2D eigenvalue weighted by atomic mass is 16.6. The highest BCUT2D eigenvalue weighted by molar-refractivity contribution is 6.15. The molecule has 1 aliphatic rings. The molecule has 1 aromatic carbocycles. The van der Waals surface area contributed by atoms with Gasteiger partial charge in [0.15, 0.2) is 0 Å². The van der Waals surface area contributed by atoms with Crippen molar-refractivity contribution in [1.82, 2.24) is 0 Å². The molecule has 0 fully saturated rings. The van der Waals surface area contributed by atoms with E-state index in [4.69, 9.17) is 10.2 Å². The third-order valence-corrected chi connectivity index (χ3v) is 2.35. The Morgan fingerprint density at radius 1 is 1.07 bits per heavy atom. The Balaban J connectivity index is 2.70. The summed E-state index contributed by atoms with van der Waals surface area (Å²) in [5.41, 5.74) is 0.879. The molecule has 0 aromatic heterocycles. The normalized spacial score (nSPS) is 14.0. The number of rotatable bonds is 2. The first-order valence-electron chi connectivity index (χ1n) is 4.32. The fourth-order valence-electron chi connectivity index (χ4n) is 1.61. The van der Waals surface area contributed by atoms with Crippen molar-refractivity contribution in [3.8, 4) is 0 Å². The molecule has 15 heavy (non-hydrogen) atoms. The standard InChI is InChI=1S/C10H8O5/c11-3-5-1-2-6-8(7(5)4-12)10(14)15-9(6)13/h1-2,11-12H,3-4H2. The molecule has 2 rings (SSSR count). The number of hydrogen-bond acceptors (Lipinski definition) is 5. The van der Waals surface area contributed by atoms with Crippen LogP contribution in [0.4, 0.5) is 0 Å². The second-order valence-electron chi connectivity index (χ2n) is 3.12. The van der Waals surface area contributed by atoms with Gasteiger partial charge in [-0.25, -0.2) is 9.59 Å². The average Bonchev–Trinajstić information content (AvgIpc) is 2.53. The number of carbonyl (C=O) groups excluding carboxylic acids is 2. The van der Waals surface area contributed by atoms with Crippen LogP contribution in [-0.4, -0.2) is 22.2 Å². The fourth-order valence-corrected chi connectivity index (χ4v) is 1.61. The van der Waals surface area contributed by atoms with Crippen molar-refractivity contribution in [2.24, 2.45) is 0 Å². The van der Waals surface area contributed by atoms with Crippen LogP contribution in [-0.2, 0) is 18.0 Å². The predicted octanol–water partition coefficient (Wildman–Crippen LogP) is -0.0182. The molecule has 1 heterocycles. The van der Waals surface area contributed by atoms with E-state index in [1.165, 1.54) is 12.1 Å². The van der Waals surface area contributed by atoms with Gasteiger partial charge in [0, 0.05) is 0 Å². The Kier molecular flexibility index (Phi) is 2.26. The van der Waals surface area contributed by atoms with Crippen molar-refractivity contribution < 1.29 is 24.5 Å². The Morgan fingerprint density at radius 2 is 1.80 bits per heavy atom. The van der Waals surface area contributed by atoms with Gasteiger partial charge in [-0.2, -0.15) is 0 Å². The molecule has 5 nitrogen and oxygen atoms in total. The molecule has 0 saturated heterocycles. The van der Waals surface area contributed by atoms with Crippen molar-refractivity contribution in [2.45, 2.75) is 13.2 Å². The van der Waals surface area contributed by atoms with E-state index in [0.29, 0.717) is 5.56 Å². The van der Waals surface area contributed by atoms with Crippen molar-refractivity contribution in [3.63, 3.8) is 0 Å². The first-order chi connectivity index (χ1) is 7.19. The van der Waals surface area contributed by atoms with Crippen molar-refractivity contribution >= 4 is 11.9 Å². The molecule has 0 spiro atoms. The van der Waals surface area contributed by atoms with E-state index >= 15 is 0 Å². The zero-order valence-electron chi connectivity index (χ0n) is 7.69. The number of benzene rings is 1. The number of aliphatic hydroxyl groups is 2. The molecule has 0 amide bonds. The third-order valence-electron chi connectivity index (χ3n) is 2.35. The number of carbonyl (C=O) groups is 2. The first kappa shape index (κ1) is 9.82. The molecule has 1 aromatic rings. The Bertz CT molecular complexity index is 449. The number of cyclic esters (lactones) is 2. The van der Waals surface area contributed by atoms with Crippen LogP contribution in [0.5, 0.6) is 0 Å². The van der Waals surface area contributed by atoms with Gasteiger partial charge in [-0.3, -0.25) is 0 Å². The van der Waals surface area contributed by atoms with Crippen LogP contribution in [0.25, 0.3) is 0 Å². The van der Waals surface area contributed by atoms with Crippen LogP contribution in [0.3, 0.4) is 0 Å². The lowest BCUT2D eigenvalue weighted by Crippen LogP contribution is -2.04. The number of aliphatic hydroxyl groups excluding tert-OH is 2. The molecule has 0 aliphatic carbocycles. The number of esters is 2. The summed E-state index contributed by atoms with van der Waals surface area (Å²) in [4.78, 5) is 22.4. The van der Waals surface area contributed by atoms with Crippen LogP contribution in [0.15, 0.2) is 12.1 Å². The molecule has 0 unspecified atom stereocenters. The molecule has 0 atom stereocenters. The zero-order valence-corrected chi connectivity index (χ0v) is 7.69. The zero-order chi connectivity index (χ0) is 11.0. The van der Waals surface area contributed by atoms with E-state index in [2.05, 4.69) is 4.74 Å². The largest absolute Gasteiger partial charge is 0.392 e. The topological polar surface area (TPSA) is 83.8 Å². The van der Waals surface area contributed by atoms with E-state index < -0.39 is 18.5 Å². The summed E-state index contributed by atoms with van der Waals surface area (Å²) in [6, 6.07) is 2.90. The van der Waals surface area contributed by atoms with E-state index in [1.54, 1.807) is 0 Å². The summed E-state index contributed by atoms with van der Waals surface area (Å²) < 4.78 is 4.40. The highest BCUT2D eigenvalue weighted by Crippen LogP contribution is 2.26. The van der Waals surface area contributed by atoms with Crippen LogP contribution in [0, 0.1) is 0 Å². The van der Waals surface area contributed by atoms with Gasteiger partial charge in [0.1, 0.15) is 0 Å². The molecule has 5 heteroatoms. The second-order valence-corrected chi connectivity index (χ2v) is 3.12. The van der Waals surface area contributed by atoms with Gasteiger partial charge >= 0.3 is 11.9 Å². The summed E-state index contributed by atoms with van der Waals surface area (Å²) in [6.07, 6.45) is 0. The molecule has 78 valence electrons. The van der Waals surface area contributed by atoms with Gasteiger partial charge in [-0.1, -0.05) is 6.07 Å². The van der Waals surface area contributed by atoms with E-state index in [0.717, 1.165) is 0 Å². The SMILES string of the molecule is O=C1OC(=O)c2c1ccc(CO)c2CO. The first-order valence-corrected chi connectivity index (χ1v) is 4.32. The molecular weight excluding hydrogens is 200 g/mol. The van der Waals surface area contributed by atoms with Crippen molar-refractivity contribution in [3.05, 3.63) is 34.4 Å². The number of ether oxygens (including phenoxy) is 1. The average molecular weight is 208 g/mol. The molecule has 1 aliphatic heterocycles. The van der Waals surface area contributed by atoms with E-state index in [1.807, 2.05) is 0 Å². The summed E-state index contributed by atoms with van der Waals surface area (Å²) >= 11 is 0. The monoisotopic (exact) mass is 208 g/mol. The highest BCUT2D eigenvalue weighted by Gasteiger charge is 2.32. The Morgan fingerprint density at radius 3 is 2.40 bits per heavy atom. The second kappa shape index (κ2) is 3.45. The summed E-state index contributed by atoms with van der Waals surface area (Å²) in [6.45, 7) is -0.716. The lowest BCUT2D eigenvalue weighted by molar-refractivity contribution is 0.0442. The maximum absolute atomic E-state index is 11.3. The Hall–Kier alpha value is -1.72. The van der Waals surface area contributed by atoms with E-state index in [-0.39, 0.29) is 23.3 Å². The molecular formula is C10H8O5. The predicted molar refractivity (Wildman–Crippen MR) is 48.0 cm³/mol. The summed E-state index contributed by atoms with van der Waals surface area (Å²) in [5, 5.41) is 18.1. The molecule has 2 N–H and O–H groups in total. The smallest absolute Gasteiger partial charge is 0.347 e. The maximum atomic E-state index is 11.3. The minimum Gasteiger partial charge on any atom is -0.392 e. The molecule has 0 saturated carbocycles. The van der Waals surface area contributed by atoms with Crippen LogP contribution in [0.1, 0.15) is 31.8 Å². The maximum Gasteiger partial charge on any atom is 0.347 e. The van der Waals surface area contributed by atoms with Gasteiger partial charge in [0.2, 0.25) is 0 Å². The van der Waals surface area contributed by atoms with Gasteiger partial charge < -0.3 is 14.9 Å². The van der Waals surface area contributed by atoms with Crippen molar-refractivity contribution in [1.29, 1.82) is 0 Å². The van der Waals surface area contributed by atoms with E-state index in [9.17, 15) is 9.59 Å². The lowest BCUT2D eigenvalue weighted by Gasteiger charge is -2.06. The van der Waals surface area contributed by atoms with Gasteiger partial charge in [0.25, 0.3) is 0 Å².